The van der Waals surface area contributed by atoms with Gasteiger partial charge < -0.3 is 20.1 Å². The zero-order valence-electron chi connectivity index (χ0n) is 15.9. The van der Waals surface area contributed by atoms with E-state index in [-0.39, 0.29) is 17.7 Å². The molecule has 28 heavy (non-hydrogen) atoms. The number of likely N-dealkylation sites (tertiary alicyclic amines) is 1. The molecule has 1 aromatic carbocycles. The first-order chi connectivity index (χ1) is 13.6. The van der Waals surface area contributed by atoms with Crippen molar-refractivity contribution in [3.63, 3.8) is 0 Å². The fourth-order valence-electron chi connectivity index (χ4n) is 4.04. The standard InChI is InChI=1S/C20H26ClN5O2/c21-15-4-5-16-17(13-15)24-20(23-16)26-11-6-14(7-12-26)19(28)22-8-2-10-25-9-1-3-18(25)27/h4-5,13-14H,1-3,6-12H2,(H,22,28)(H,23,24). The number of fused-ring (bicyclic) bond motifs is 1. The second-order valence-corrected chi connectivity index (χ2v) is 8.05. The van der Waals surface area contributed by atoms with E-state index >= 15 is 0 Å². The minimum atomic E-state index is 0.0449. The number of rotatable bonds is 6. The first kappa shape index (κ1) is 19.1. The summed E-state index contributed by atoms with van der Waals surface area (Å²) in [6.07, 6.45) is 4.07. The highest BCUT2D eigenvalue weighted by Crippen LogP contribution is 2.25. The van der Waals surface area contributed by atoms with E-state index in [1.807, 2.05) is 23.1 Å². The van der Waals surface area contributed by atoms with Crippen LogP contribution < -0.4 is 10.2 Å². The first-order valence-electron chi connectivity index (χ1n) is 10.1. The van der Waals surface area contributed by atoms with Gasteiger partial charge in [-0.2, -0.15) is 0 Å². The van der Waals surface area contributed by atoms with Gasteiger partial charge in [-0.05, 0) is 43.9 Å². The number of hydrogen-bond donors (Lipinski definition) is 2. The second kappa shape index (κ2) is 8.39. The van der Waals surface area contributed by atoms with Gasteiger partial charge in [-0.25, -0.2) is 4.98 Å². The van der Waals surface area contributed by atoms with Crippen molar-refractivity contribution in [1.29, 1.82) is 0 Å². The summed E-state index contributed by atoms with van der Waals surface area (Å²) < 4.78 is 0. The number of nitrogens with zero attached hydrogens (tertiary/aromatic N) is 3. The quantitative estimate of drug-likeness (QED) is 0.726. The number of imidazole rings is 1. The molecule has 8 heteroatoms. The Kier molecular flexibility index (Phi) is 5.71. The summed E-state index contributed by atoms with van der Waals surface area (Å²) >= 11 is 6.04. The molecule has 3 heterocycles. The molecule has 0 atom stereocenters. The van der Waals surface area contributed by atoms with Gasteiger partial charge in [-0.1, -0.05) is 11.6 Å². The van der Waals surface area contributed by atoms with Crippen molar-refractivity contribution < 1.29 is 9.59 Å². The predicted octanol–water partition coefficient (Wildman–Crippen LogP) is 2.56. The highest BCUT2D eigenvalue weighted by Gasteiger charge is 2.26. The zero-order chi connectivity index (χ0) is 19.5. The third kappa shape index (κ3) is 4.24. The van der Waals surface area contributed by atoms with Crippen LogP contribution in [0.4, 0.5) is 5.95 Å². The van der Waals surface area contributed by atoms with Gasteiger partial charge in [0, 0.05) is 50.1 Å². The monoisotopic (exact) mass is 403 g/mol. The molecule has 0 aliphatic carbocycles. The maximum atomic E-state index is 12.4. The van der Waals surface area contributed by atoms with E-state index in [2.05, 4.69) is 20.2 Å². The lowest BCUT2D eigenvalue weighted by Gasteiger charge is -2.31. The van der Waals surface area contributed by atoms with Crippen molar-refractivity contribution in [3.05, 3.63) is 23.2 Å². The van der Waals surface area contributed by atoms with E-state index in [0.717, 1.165) is 68.8 Å². The van der Waals surface area contributed by atoms with E-state index in [9.17, 15) is 9.59 Å². The third-order valence-corrected chi connectivity index (χ3v) is 5.91. The first-order valence-corrected chi connectivity index (χ1v) is 10.4. The molecule has 2 aliphatic heterocycles. The summed E-state index contributed by atoms with van der Waals surface area (Å²) in [6, 6.07) is 5.63. The Labute approximate surface area is 169 Å². The average Bonchev–Trinajstić information content (AvgIpc) is 3.30. The number of anilines is 1. The maximum absolute atomic E-state index is 12.4. The summed E-state index contributed by atoms with van der Waals surface area (Å²) in [6.45, 7) is 3.84. The number of aromatic amines is 1. The molecule has 2 fully saturated rings. The predicted molar refractivity (Wildman–Crippen MR) is 109 cm³/mol. The smallest absolute Gasteiger partial charge is 0.223 e. The number of amides is 2. The number of piperidine rings is 1. The van der Waals surface area contributed by atoms with Crippen LogP contribution in [0.1, 0.15) is 32.1 Å². The molecule has 2 saturated heterocycles. The van der Waals surface area contributed by atoms with E-state index in [1.165, 1.54) is 0 Å². The highest BCUT2D eigenvalue weighted by atomic mass is 35.5. The normalized spacial score (nSPS) is 18.2. The number of carbonyl (C=O) groups excluding carboxylic acids is 2. The summed E-state index contributed by atoms with van der Waals surface area (Å²) in [5.41, 5.74) is 1.83. The Morgan fingerprint density at radius 2 is 2.11 bits per heavy atom. The molecule has 1 aromatic heterocycles. The Bertz CT molecular complexity index is 859. The lowest BCUT2D eigenvalue weighted by atomic mass is 9.96. The molecule has 4 rings (SSSR count). The molecule has 0 unspecified atom stereocenters. The van der Waals surface area contributed by atoms with E-state index < -0.39 is 0 Å². The Balaban J connectivity index is 1.22. The lowest BCUT2D eigenvalue weighted by molar-refractivity contribution is -0.127. The molecule has 0 radical (unpaired) electrons. The van der Waals surface area contributed by atoms with Crippen molar-refractivity contribution in [2.45, 2.75) is 32.1 Å². The molecule has 2 amide bonds. The lowest BCUT2D eigenvalue weighted by Crippen LogP contribution is -2.41. The molecule has 2 N–H and O–H groups in total. The van der Waals surface area contributed by atoms with Crippen LogP contribution in [0.5, 0.6) is 0 Å². The third-order valence-electron chi connectivity index (χ3n) is 5.67. The fraction of sp³-hybridized carbons (Fsp3) is 0.550. The van der Waals surface area contributed by atoms with E-state index in [1.54, 1.807) is 0 Å². The van der Waals surface area contributed by atoms with Gasteiger partial charge in [0.05, 0.1) is 11.0 Å². The van der Waals surface area contributed by atoms with Crippen LogP contribution in [-0.2, 0) is 9.59 Å². The number of carbonyl (C=O) groups is 2. The van der Waals surface area contributed by atoms with Gasteiger partial charge in [0.2, 0.25) is 17.8 Å². The summed E-state index contributed by atoms with van der Waals surface area (Å²) in [5, 5.41) is 3.73. The average molecular weight is 404 g/mol. The van der Waals surface area contributed by atoms with Crippen LogP contribution >= 0.6 is 11.6 Å². The Morgan fingerprint density at radius 3 is 2.86 bits per heavy atom. The molecular formula is C20H26ClN5O2. The van der Waals surface area contributed by atoms with Crippen LogP contribution in [0.25, 0.3) is 11.0 Å². The van der Waals surface area contributed by atoms with E-state index in [0.29, 0.717) is 18.0 Å². The van der Waals surface area contributed by atoms with Gasteiger partial charge in [-0.15, -0.1) is 0 Å². The number of aromatic nitrogens is 2. The van der Waals surface area contributed by atoms with Crippen molar-refractivity contribution in [2.75, 3.05) is 37.6 Å². The molecule has 0 spiro atoms. The van der Waals surface area contributed by atoms with Crippen molar-refractivity contribution in [3.8, 4) is 0 Å². The van der Waals surface area contributed by atoms with Gasteiger partial charge >= 0.3 is 0 Å². The van der Waals surface area contributed by atoms with Crippen molar-refractivity contribution in [2.24, 2.45) is 5.92 Å². The molecule has 2 aliphatic rings. The minimum Gasteiger partial charge on any atom is -0.356 e. The van der Waals surface area contributed by atoms with Crippen LogP contribution in [0.2, 0.25) is 5.02 Å². The molecular weight excluding hydrogens is 378 g/mol. The number of halogens is 1. The number of nitrogens with one attached hydrogen (secondary N) is 2. The molecule has 2 aromatic rings. The fourth-order valence-corrected chi connectivity index (χ4v) is 4.21. The largest absolute Gasteiger partial charge is 0.356 e. The van der Waals surface area contributed by atoms with Crippen LogP contribution in [-0.4, -0.2) is 59.4 Å². The van der Waals surface area contributed by atoms with Crippen molar-refractivity contribution >= 4 is 40.4 Å². The maximum Gasteiger partial charge on any atom is 0.223 e. The van der Waals surface area contributed by atoms with Crippen molar-refractivity contribution in [1.82, 2.24) is 20.2 Å². The summed E-state index contributed by atoms with van der Waals surface area (Å²) in [4.78, 5) is 36.1. The molecule has 0 saturated carbocycles. The topological polar surface area (TPSA) is 81.3 Å². The minimum absolute atomic E-state index is 0.0449. The number of H-pyrrole nitrogens is 1. The van der Waals surface area contributed by atoms with Crippen LogP contribution in [0.15, 0.2) is 18.2 Å². The Hall–Kier alpha value is -2.28. The molecule has 0 bridgehead atoms. The van der Waals surface area contributed by atoms with Gasteiger partial charge in [-0.3, -0.25) is 9.59 Å². The molecule has 7 nitrogen and oxygen atoms in total. The summed E-state index contributed by atoms with van der Waals surface area (Å²) in [5.74, 6) is 1.25. The van der Waals surface area contributed by atoms with Crippen LogP contribution in [0, 0.1) is 5.92 Å². The SMILES string of the molecule is O=C(NCCCN1CCCC1=O)C1CCN(c2nc3ccc(Cl)cc3[nH]2)CC1. The second-order valence-electron chi connectivity index (χ2n) is 7.61. The summed E-state index contributed by atoms with van der Waals surface area (Å²) in [7, 11) is 0. The van der Waals surface area contributed by atoms with Crippen LogP contribution in [0.3, 0.4) is 0 Å². The van der Waals surface area contributed by atoms with E-state index in [4.69, 9.17) is 11.6 Å². The van der Waals surface area contributed by atoms with Gasteiger partial charge in [0.25, 0.3) is 0 Å². The number of hydrogen-bond acceptors (Lipinski definition) is 4. The Morgan fingerprint density at radius 1 is 1.29 bits per heavy atom. The molecule has 150 valence electrons. The number of benzene rings is 1. The highest BCUT2D eigenvalue weighted by molar-refractivity contribution is 6.31. The van der Waals surface area contributed by atoms with Gasteiger partial charge in [0.15, 0.2) is 0 Å². The van der Waals surface area contributed by atoms with Gasteiger partial charge in [0.1, 0.15) is 0 Å². The zero-order valence-corrected chi connectivity index (χ0v) is 16.7.